The van der Waals surface area contributed by atoms with E-state index in [1.165, 1.54) is 54.5 Å². The van der Waals surface area contributed by atoms with Crippen LogP contribution in [-0.2, 0) is 43.2 Å². The van der Waals surface area contributed by atoms with Crippen molar-refractivity contribution < 1.29 is 47.9 Å². The van der Waals surface area contributed by atoms with E-state index in [9.17, 15) is 47.9 Å². The lowest BCUT2D eigenvalue weighted by Gasteiger charge is -2.24. The van der Waals surface area contributed by atoms with Gasteiger partial charge in [-0.25, -0.2) is 0 Å². The Labute approximate surface area is 372 Å². The molecule has 0 atom stereocenters. The highest BCUT2D eigenvalue weighted by molar-refractivity contribution is 6.05. The molecule has 0 N–H and O–H groups in total. The molecular weight excluding hydrogens is 795 g/mol. The molecule has 62 heavy (non-hydrogen) atoms. The lowest BCUT2D eigenvalue weighted by atomic mass is 10.1. The first-order chi connectivity index (χ1) is 28.4. The van der Waals surface area contributed by atoms with Crippen molar-refractivity contribution in [2.24, 2.45) is 35.5 Å². The number of nitrogens with zero attached hydrogens (tertiary/aromatic N) is 5. The molecular formula is C47H79N5O10. The van der Waals surface area contributed by atoms with Gasteiger partial charge in [0.2, 0.25) is 53.2 Å². The van der Waals surface area contributed by atoms with Gasteiger partial charge in [-0.2, -0.15) is 0 Å². The molecule has 1 fully saturated rings. The zero-order valence-corrected chi connectivity index (χ0v) is 41.3. The molecule has 0 unspecified atom stereocenters. The highest BCUT2D eigenvalue weighted by Crippen LogP contribution is 2.26. The largest absolute Gasteiger partial charge is 0.286 e. The van der Waals surface area contributed by atoms with Crippen LogP contribution in [0.5, 0.6) is 0 Å². The van der Waals surface area contributed by atoms with Crippen molar-refractivity contribution in [1.29, 1.82) is 0 Å². The Morgan fingerprint density at radius 1 is 0.500 bits per heavy atom. The second kappa shape index (κ2) is 30.9. The predicted molar refractivity (Wildman–Crippen MR) is 242 cm³/mol. The van der Waals surface area contributed by atoms with Crippen LogP contribution < -0.4 is 0 Å². The van der Waals surface area contributed by atoms with Crippen molar-refractivity contribution in [2.45, 2.75) is 143 Å². The maximum absolute atomic E-state index is 11.8. The van der Waals surface area contributed by atoms with Crippen LogP contribution in [0, 0.1) is 35.5 Å². The minimum Gasteiger partial charge on any atom is -0.286 e. The molecule has 0 heterocycles. The van der Waals surface area contributed by atoms with Crippen LogP contribution in [0.4, 0.5) is 0 Å². The van der Waals surface area contributed by atoms with Crippen molar-refractivity contribution >= 4 is 59.1 Å². The van der Waals surface area contributed by atoms with Gasteiger partial charge >= 0.3 is 0 Å². The quantitative estimate of drug-likeness (QED) is 0.254. The van der Waals surface area contributed by atoms with Crippen molar-refractivity contribution in [3.05, 3.63) is 35.9 Å². The molecule has 15 heteroatoms. The van der Waals surface area contributed by atoms with Crippen LogP contribution in [0.2, 0.25) is 0 Å². The van der Waals surface area contributed by atoms with E-state index in [1.54, 1.807) is 93.6 Å². The minimum absolute atomic E-state index is 0.0150. The smallest absolute Gasteiger partial charge is 0.260 e. The van der Waals surface area contributed by atoms with Crippen molar-refractivity contribution in [3.8, 4) is 0 Å². The first kappa shape index (κ1) is 61.2. The van der Waals surface area contributed by atoms with Gasteiger partial charge in [-0.05, 0) is 45.7 Å². The summed E-state index contributed by atoms with van der Waals surface area (Å²) in [5.74, 6) is -1.83. The SMILES string of the molecule is CC(=O)N(C(=O)C(C)C)C(C)C.CC(=O)N(C)C(=O)C(C)C.CC(C)C(=O)N(C)C(=O)C1CCCC1.CC(C)C(=O)N(C)C(=O)c1ccccc1.CCN(C(C)=O)C(=O)C(C)C. The van der Waals surface area contributed by atoms with E-state index in [-0.39, 0.29) is 101 Å². The summed E-state index contributed by atoms with van der Waals surface area (Å²) < 4.78 is 0. The summed E-state index contributed by atoms with van der Waals surface area (Å²) in [6.45, 7) is 28.0. The molecule has 0 saturated heterocycles. The maximum atomic E-state index is 11.8. The minimum atomic E-state index is -0.255. The Morgan fingerprint density at radius 3 is 1.13 bits per heavy atom. The highest BCUT2D eigenvalue weighted by Gasteiger charge is 2.29. The van der Waals surface area contributed by atoms with Crippen LogP contribution in [0.25, 0.3) is 0 Å². The van der Waals surface area contributed by atoms with Crippen LogP contribution in [0.1, 0.15) is 147 Å². The predicted octanol–water partition coefficient (Wildman–Crippen LogP) is 6.87. The molecule has 15 nitrogen and oxygen atoms in total. The van der Waals surface area contributed by atoms with Crippen molar-refractivity contribution in [3.63, 3.8) is 0 Å². The highest BCUT2D eigenvalue weighted by atomic mass is 16.2. The van der Waals surface area contributed by atoms with E-state index < -0.39 is 0 Å². The summed E-state index contributed by atoms with van der Waals surface area (Å²) in [5.41, 5.74) is 0.536. The zero-order valence-electron chi connectivity index (χ0n) is 41.3. The fourth-order valence-corrected chi connectivity index (χ4v) is 5.64. The Bertz CT molecular complexity index is 1630. The molecule has 1 aromatic rings. The standard InChI is InChI=1S/C12H15NO2.C11H19NO2.C9H17NO2.C8H15NO2.C7H13NO2/c1-9(2)11(14)13(3)12(15)10-7-5-4-6-8-10;1-8(2)10(13)12(3)11(14)9-6-4-5-7-9;1-6(2)9(12)10(7(3)4)8(5)11;1-5-9(7(4)10)8(11)6(2)3;1-5(2)7(10)8(4)6(3)9/h4-9H,1-3H3;8-9H,4-7H2,1-3H3;6-7H,1-5H3;6H,5H2,1-4H3;5H,1-4H3. The normalized spacial score (nSPS) is 11.8. The van der Waals surface area contributed by atoms with Gasteiger partial charge in [0.05, 0.1) is 0 Å². The number of imide groups is 5. The fraction of sp³-hybridized carbons (Fsp3) is 0.660. The average molecular weight is 874 g/mol. The number of hydrogen-bond donors (Lipinski definition) is 0. The van der Waals surface area contributed by atoms with Gasteiger partial charge in [0, 0.05) is 95.6 Å². The summed E-state index contributed by atoms with van der Waals surface area (Å²) in [4.78, 5) is 119. The van der Waals surface area contributed by atoms with E-state index in [2.05, 4.69) is 0 Å². The molecule has 1 aliphatic carbocycles. The summed E-state index contributed by atoms with van der Waals surface area (Å²) in [6.07, 6.45) is 4.16. The number of carbonyl (C=O) groups is 10. The second-order valence-electron chi connectivity index (χ2n) is 16.9. The molecule has 0 bridgehead atoms. The molecule has 352 valence electrons. The van der Waals surface area contributed by atoms with Gasteiger partial charge in [0.1, 0.15) is 0 Å². The topological polar surface area (TPSA) is 187 Å². The third kappa shape index (κ3) is 22.7. The first-order valence-corrected chi connectivity index (χ1v) is 21.5. The Hall–Kier alpha value is -5.08. The summed E-state index contributed by atoms with van der Waals surface area (Å²) in [7, 11) is 4.60. The van der Waals surface area contributed by atoms with Crippen LogP contribution >= 0.6 is 0 Å². The van der Waals surface area contributed by atoms with E-state index in [0.29, 0.717) is 12.1 Å². The number of rotatable bonds is 9. The lowest BCUT2D eigenvalue weighted by molar-refractivity contribution is -0.149. The monoisotopic (exact) mass is 874 g/mol. The van der Waals surface area contributed by atoms with Gasteiger partial charge in [-0.1, -0.05) is 100 Å². The Balaban J connectivity index is -0.000000708. The molecule has 10 amide bonds. The van der Waals surface area contributed by atoms with Crippen LogP contribution in [-0.4, -0.2) is 117 Å². The molecule has 1 aliphatic rings. The van der Waals surface area contributed by atoms with E-state index in [0.717, 1.165) is 30.6 Å². The van der Waals surface area contributed by atoms with Crippen molar-refractivity contribution in [2.75, 3.05) is 27.7 Å². The lowest BCUT2D eigenvalue weighted by Crippen LogP contribution is -2.42. The van der Waals surface area contributed by atoms with Crippen molar-refractivity contribution in [1.82, 2.24) is 24.5 Å². The molecule has 0 spiro atoms. The van der Waals surface area contributed by atoms with Gasteiger partial charge in [-0.15, -0.1) is 0 Å². The number of benzene rings is 1. The van der Waals surface area contributed by atoms with Gasteiger partial charge < -0.3 is 0 Å². The number of amides is 10. The molecule has 0 aromatic heterocycles. The Morgan fingerprint density at radius 2 is 0.871 bits per heavy atom. The van der Waals surface area contributed by atoms with E-state index in [1.807, 2.05) is 33.8 Å². The molecule has 0 aliphatic heterocycles. The zero-order chi connectivity index (χ0) is 49.4. The third-order valence-corrected chi connectivity index (χ3v) is 9.35. The third-order valence-electron chi connectivity index (χ3n) is 9.35. The first-order valence-electron chi connectivity index (χ1n) is 21.5. The molecule has 1 aromatic carbocycles. The molecule has 1 saturated carbocycles. The second-order valence-corrected chi connectivity index (χ2v) is 16.9. The van der Waals surface area contributed by atoms with Crippen LogP contribution in [0.3, 0.4) is 0 Å². The maximum Gasteiger partial charge on any atom is 0.260 e. The summed E-state index contributed by atoms with van der Waals surface area (Å²) in [6, 6.07) is 8.75. The fourth-order valence-electron chi connectivity index (χ4n) is 5.64. The van der Waals surface area contributed by atoms with Crippen LogP contribution in [0.15, 0.2) is 30.3 Å². The Kier molecular flexibility index (Phi) is 30.5. The van der Waals surface area contributed by atoms with Gasteiger partial charge in [0.25, 0.3) is 5.91 Å². The van der Waals surface area contributed by atoms with E-state index >= 15 is 0 Å². The molecule has 2 rings (SSSR count). The number of hydrogen-bond acceptors (Lipinski definition) is 10. The average Bonchev–Trinajstić information content (AvgIpc) is 3.75. The van der Waals surface area contributed by atoms with Gasteiger partial charge in [-0.3, -0.25) is 72.4 Å². The van der Waals surface area contributed by atoms with Gasteiger partial charge in [0.15, 0.2) is 0 Å². The summed E-state index contributed by atoms with van der Waals surface area (Å²) >= 11 is 0. The molecule has 0 radical (unpaired) electrons. The summed E-state index contributed by atoms with van der Waals surface area (Å²) in [5, 5.41) is 0. The number of carbonyl (C=O) groups excluding carboxylic acids is 10. The van der Waals surface area contributed by atoms with E-state index in [4.69, 9.17) is 0 Å².